The Morgan fingerprint density at radius 3 is 2.23 bits per heavy atom. The summed E-state index contributed by atoms with van der Waals surface area (Å²) in [6.07, 6.45) is 1.23. The van der Waals surface area contributed by atoms with Crippen molar-refractivity contribution < 1.29 is 14.4 Å². The van der Waals surface area contributed by atoms with E-state index in [0.29, 0.717) is 24.4 Å². The molecular weight excluding hydrogens is 478 g/mol. The van der Waals surface area contributed by atoms with Gasteiger partial charge in [0, 0.05) is 48.4 Å². The van der Waals surface area contributed by atoms with Gasteiger partial charge in [0.1, 0.15) is 0 Å². The lowest BCUT2D eigenvalue weighted by Crippen LogP contribution is -2.49. The van der Waals surface area contributed by atoms with E-state index in [2.05, 4.69) is 16.8 Å². The van der Waals surface area contributed by atoms with E-state index < -0.39 is 0 Å². The summed E-state index contributed by atoms with van der Waals surface area (Å²) in [5.41, 5.74) is 4.46. The number of hydrogen-bond acceptors (Lipinski definition) is 7. The lowest BCUT2D eigenvalue weighted by atomic mass is 10.1. The van der Waals surface area contributed by atoms with Gasteiger partial charge in [-0.3, -0.25) is 14.4 Å². The van der Waals surface area contributed by atoms with Gasteiger partial charge in [0.2, 0.25) is 5.91 Å². The van der Waals surface area contributed by atoms with Crippen molar-refractivity contribution in [3.05, 3.63) is 76.3 Å². The Kier molecular flexibility index (Phi) is 8.36. The Bertz CT molecular complexity index is 1180. The van der Waals surface area contributed by atoms with Crippen LogP contribution in [0, 0.1) is 0 Å². The van der Waals surface area contributed by atoms with Gasteiger partial charge in [-0.15, -0.1) is 11.3 Å². The van der Waals surface area contributed by atoms with Crippen LogP contribution in [0.3, 0.4) is 0 Å². The van der Waals surface area contributed by atoms with Crippen molar-refractivity contribution in [3.8, 4) is 0 Å². The number of aryl methyl sites for hydroxylation is 1. The normalized spacial score (nSPS) is 13.7. The van der Waals surface area contributed by atoms with Gasteiger partial charge in [-0.1, -0.05) is 43.0 Å². The van der Waals surface area contributed by atoms with Crippen molar-refractivity contribution in [2.75, 3.05) is 36.8 Å². The van der Waals surface area contributed by atoms with Crippen LogP contribution in [0.25, 0.3) is 0 Å². The standard InChI is InChI=1S/C27H29N3O3S2/c1-3-20-4-6-22(7-5-20)25(32)18-35-27-28-23(17-34-27)16-26(33)30-14-12-29(13-15-30)24-10-8-21(9-11-24)19(2)31/h4-11,17H,3,12-16,18H2,1-2H3. The van der Waals surface area contributed by atoms with Gasteiger partial charge in [-0.25, -0.2) is 4.98 Å². The van der Waals surface area contributed by atoms with E-state index in [0.717, 1.165) is 40.8 Å². The molecule has 0 atom stereocenters. The van der Waals surface area contributed by atoms with Crippen molar-refractivity contribution in [2.45, 2.75) is 31.0 Å². The summed E-state index contributed by atoms with van der Waals surface area (Å²) in [4.78, 5) is 45.4. The van der Waals surface area contributed by atoms with Gasteiger partial charge >= 0.3 is 0 Å². The molecule has 0 radical (unpaired) electrons. The smallest absolute Gasteiger partial charge is 0.228 e. The lowest BCUT2D eigenvalue weighted by Gasteiger charge is -2.36. The third kappa shape index (κ3) is 6.58. The van der Waals surface area contributed by atoms with E-state index >= 15 is 0 Å². The summed E-state index contributed by atoms with van der Waals surface area (Å²) < 4.78 is 0.810. The minimum atomic E-state index is 0.0591. The molecule has 35 heavy (non-hydrogen) atoms. The highest BCUT2D eigenvalue weighted by Crippen LogP contribution is 2.24. The number of amides is 1. The summed E-state index contributed by atoms with van der Waals surface area (Å²) in [6.45, 7) is 6.48. The fourth-order valence-electron chi connectivity index (χ4n) is 3.96. The third-order valence-electron chi connectivity index (χ3n) is 6.15. The zero-order valence-electron chi connectivity index (χ0n) is 20.0. The Morgan fingerprint density at radius 2 is 1.60 bits per heavy atom. The Hall–Kier alpha value is -2.97. The number of aromatic nitrogens is 1. The molecular formula is C27H29N3O3S2. The van der Waals surface area contributed by atoms with Gasteiger partial charge in [-0.05, 0) is 43.2 Å². The molecule has 1 fully saturated rings. The number of piperazine rings is 1. The number of carbonyl (C=O) groups excluding carboxylic acids is 3. The highest BCUT2D eigenvalue weighted by atomic mass is 32.2. The molecule has 2 heterocycles. The molecule has 0 saturated carbocycles. The molecule has 182 valence electrons. The van der Waals surface area contributed by atoms with Gasteiger partial charge in [0.25, 0.3) is 0 Å². The van der Waals surface area contributed by atoms with Crippen LogP contribution in [0.4, 0.5) is 5.69 Å². The van der Waals surface area contributed by atoms with E-state index in [4.69, 9.17) is 0 Å². The topological polar surface area (TPSA) is 70.6 Å². The predicted molar refractivity (Wildman–Crippen MR) is 142 cm³/mol. The molecule has 1 aromatic heterocycles. The molecule has 1 amide bonds. The van der Waals surface area contributed by atoms with Crippen molar-refractivity contribution in [3.63, 3.8) is 0 Å². The monoisotopic (exact) mass is 507 g/mol. The number of rotatable bonds is 9. The molecule has 1 saturated heterocycles. The number of Topliss-reactive ketones (excluding diaryl/α,β-unsaturated/α-hetero) is 2. The molecule has 0 aliphatic carbocycles. The molecule has 0 bridgehead atoms. The number of benzene rings is 2. The maximum absolute atomic E-state index is 12.8. The zero-order chi connectivity index (χ0) is 24.8. The summed E-state index contributed by atoms with van der Waals surface area (Å²) >= 11 is 2.90. The zero-order valence-corrected chi connectivity index (χ0v) is 21.7. The van der Waals surface area contributed by atoms with Crippen LogP contribution < -0.4 is 4.90 Å². The molecule has 1 aliphatic rings. The molecule has 6 nitrogen and oxygen atoms in total. The van der Waals surface area contributed by atoms with Gasteiger partial charge < -0.3 is 9.80 Å². The van der Waals surface area contributed by atoms with Crippen LogP contribution in [0.2, 0.25) is 0 Å². The first kappa shape index (κ1) is 25.1. The van der Waals surface area contributed by atoms with Crippen molar-refractivity contribution in [2.24, 2.45) is 0 Å². The van der Waals surface area contributed by atoms with Gasteiger partial charge in [-0.2, -0.15) is 0 Å². The Morgan fingerprint density at radius 1 is 0.943 bits per heavy atom. The summed E-state index contributed by atoms with van der Waals surface area (Å²) in [6, 6.07) is 15.4. The minimum Gasteiger partial charge on any atom is -0.368 e. The van der Waals surface area contributed by atoms with Crippen molar-refractivity contribution in [1.29, 1.82) is 0 Å². The first-order chi connectivity index (χ1) is 16.9. The SMILES string of the molecule is CCc1ccc(C(=O)CSc2nc(CC(=O)N3CCN(c4ccc(C(C)=O)cc4)CC3)cs2)cc1. The van der Waals surface area contributed by atoms with Crippen LogP contribution in [0.5, 0.6) is 0 Å². The second-order valence-corrected chi connectivity index (χ2v) is 10.6. The predicted octanol–water partition coefficient (Wildman–Crippen LogP) is 4.77. The summed E-state index contributed by atoms with van der Waals surface area (Å²) in [5.74, 6) is 0.551. The third-order valence-corrected chi connectivity index (χ3v) is 8.22. The molecule has 0 unspecified atom stereocenters. The first-order valence-electron chi connectivity index (χ1n) is 11.8. The Balaban J connectivity index is 1.23. The average Bonchev–Trinajstić information content (AvgIpc) is 3.34. The summed E-state index contributed by atoms with van der Waals surface area (Å²) in [7, 11) is 0. The number of nitrogens with zero attached hydrogens (tertiary/aromatic N) is 3. The number of thiazole rings is 1. The lowest BCUT2D eigenvalue weighted by molar-refractivity contribution is -0.130. The largest absolute Gasteiger partial charge is 0.368 e. The first-order valence-corrected chi connectivity index (χ1v) is 13.6. The highest BCUT2D eigenvalue weighted by molar-refractivity contribution is 8.01. The van der Waals surface area contributed by atoms with Crippen molar-refractivity contribution in [1.82, 2.24) is 9.88 Å². The molecule has 1 aliphatic heterocycles. The quantitative estimate of drug-likeness (QED) is 0.307. The van der Waals surface area contributed by atoms with Crippen LogP contribution in [0.15, 0.2) is 58.3 Å². The number of carbonyl (C=O) groups is 3. The fourth-order valence-corrected chi connectivity index (χ4v) is 5.70. The van der Waals surface area contributed by atoms with Crippen molar-refractivity contribution >= 4 is 46.3 Å². The van der Waals surface area contributed by atoms with Gasteiger partial charge in [0.05, 0.1) is 17.9 Å². The second kappa shape index (κ2) is 11.6. The van der Waals surface area contributed by atoms with Crippen LogP contribution in [-0.2, 0) is 17.6 Å². The minimum absolute atomic E-state index is 0.0591. The summed E-state index contributed by atoms with van der Waals surface area (Å²) in [5, 5.41) is 1.91. The average molecular weight is 508 g/mol. The van der Waals surface area contributed by atoms with E-state index in [1.165, 1.54) is 28.7 Å². The van der Waals surface area contributed by atoms with Crippen LogP contribution in [0.1, 0.15) is 45.8 Å². The fraction of sp³-hybridized carbons (Fsp3) is 0.333. The highest BCUT2D eigenvalue weighted by Gasteiger charge is 2.22. The van der Waals surface area contributed by atoms with Crippen LogP contribution in [-0.4, -0.2) is 59.3 Å². The Labute approximate surface area is 214 Å². The maximum atomic E-state index is 12.8. The number of anilines is 1. The van der Waals surface area contributed by atoms with E-state index in [9.17, 15) is 14.4 Å². The molecule has 4 rings (SSSR count). The van der Waals surface area contributed by atoms with E-state index in [1.807, 2.05) is 58.8 Å². The number of thioether (sulfide) groups is 1. The van der Waals surface area contributed by atoms with Crippen LogP contribution >= 0.6 is 23.1 Å². The maximum Gasteiger partial charge on any atom is 0.228 e. The van der Waals surface area contributed by atoms with E-state index in [1.54, 1.807) is 6.92 Å². The van der Waals surface area contributed by atoms with Gasteiger partial charge in [0.15, 0.2) is 15.9 Å². The second-order valence-electron chi connectivity index (χ2n) is 8.51. The molecule has 0 N–H and O–H groups in total. The number of ketones is 2. The number of hydrogen-bond donors (Lipinski definition) is 0. The molecule has 2 aromatic carbocycles. The van der Waals surface area contributed by atoms with E-state index in [-0.39, 0.29) is 23.9 Å². The molecule has 8 heteroatoms. The molecule has 3 aromatic rings. The molecule has 0 spiro atoms.